The summed E-state index contributed by atoms with van der Waals surface area (Å²) >= 11 is 9.45. The molecular weight excluding hydrogens is 460 g/mol. The van der Waals surface area contributed by atoms with Gasteiger partial charge in [0, 0.05) is 15.6 Å². The third-order valence-corrected chi connectivity index (χ3v) is 5.05. The average Bonchev–Trinajstić information content (AvgIpc) is 3.04. The number of rotatable bonds is 4. The van der Waals surface area contributed by atoms with Gasteiger partial charge in [0.1, 0.15) is 18.1 Å². The minimum Gasteiger partial charge on any atom is -0.482 e. The van der Waals surface area contributed by atoms with E-state index in [1.165, 1.54) is 4.90 Å². The molecule has 0 bridgehead atoms. The first kappa shape index (κ1) is 19.5. The lowest BCUT2D eigenvalue weighted by Gasteiger charge is -2.29. The summed E-state index contributed by atoms with van der Waals surface area (Å²) < 4.78 is 7.89. The number of carbonyl (C=O) groups is 2. The summed E-state index contributed by atoms with van der Waals surface area (Å²) in [5, 5.41) is 7.82. The number of ether oxygens (including phenoxy) is 1. The van der Waals surface area contributed by atoms with Crippen LogP contribution in [0.3, 0.4) is 0 Å². The summed E-state index contributed by atoms with van der Waals surface area (Å²) in [4.78, 5) is 26.5. The number of hydrogen-bond acceptors (Lipinski definition) is 4. The van der Waals surface area contributed by atoms with Crippen LogP contribution in [0.2, 0.25) is 5.02 Å². The number of halogens is 2. The molecule has 0 atom stereocenters. The van der Waals surface area contributed by atoms with Gasteiger partial charge in [-0.3, -0.25) is 14.5 Å². The third-order valence-electron chi connectivity index (χ3n) is 4.32. The molecule has 148 valence electrons. The lowest BCUT2D eigenvalue weighted by Crippen LogP contribution is -2.43. The van der Waals surface area contributed by atoms with Crippen molar-refractivity contribution in [2.45, 2.75) is 6.92 Å². The Bertz CT molecular complexity index is 1110. The molecule has 0 radical (unpaired) electrons. The SMILES string of the molecule is Cc1cc(NC(=O)CN2C(=O)COc3cc(Br)ccc32)n(-c2cccc(Cl)c2)n1. The predicted molar refractivity (Wildman–Crippen MR) is 114 cm³/mol. The Labute approximate surface area is 180 Å². The maximum absolute atomic E-state index is 12.7. The van der Waals surface area contributed by atoms with Gasteiger partial charge in [0.05, 0.1) is 17.1 Å². The largest absolute Gasteiger partial charge is 0.482 e. The number of carbonyl (C=O) groups excluding carboxylic acids is 2. The van der Waals surface area contributed by atoms with Crippen molar-refractivity contribution in [1.82, 2.24) is 9.78 Å². The van der Waals surface area contributed by atoms with Crippen molar-refractivity contribution >= 4 is 50.9 Å². The molecule has 0 saturated heterocycles. The van der Waals surface area contributed by atoms with E-state index >= 15 is 0 Å². The van der Waals surface area contributed by atoms with Crippen LogP contribution in [0.4, 0.5) is 11.5 Å². The fourth-order valence-corrected chi connectivity index (χ4v) is 3.60. The van der Waals surface area contributed by atoms with E-state index in [4.69, 9.17) is 16.3 Å². The van der Waals surface area contributed by atoms with Crippen molar-refractivity contribution in [1.29, 1.82) is 0 Å². The lowest BCUT2D eigenvalue weighted by atomic mass is 10.2. The van der Waals surface area contributed by atoms with Gasteiger partial charge >= 0.3 is 0 Å². The van der Waals surface area contributed by atoms with Crippen molar-refractivity contribution in [3.05, 3.63) is 63.7 Å². The first-order chi connectivity index (χ1) is 13.9. The van der Waals surface area contributed by atoms with E-state index in [2.05, 4.69) is 26.3 Å². The van der Waals surface area contributed by atoms with E-state index in [1.807, 2.05) is 19.1 Å². The summed E-state index contributed by atoms with van der Waals surface area (Å²) in [7, 11) is 0. The number of fused-ring (bicyclic) bond motifs is 1. The number of aryl methyl sites for hydroxylation is 1. The van der Waals surface area contributed by atoms with E-state index in [-0.39, 0.29) is 25.0 Å². The first-order valence-corrected chi connectivity index (χ1v) is 9.93. The van der Waals surface area contributed by atoms with Crippen molar-refractivity contribution in [3.8, 4) is 11.4 Å². The zero-order valence-electron chi connectivity index (χ0n) is 15.4. The molecule has 0 unspecified atom stereocenters. The highest BCUT2D eigenvalue weighted by Crippen LogP contribution is 2.34. The van der Waals surface area contributed by atoms with E-state index in [0.717, 1.165) is 15.9 Å². The second kappa shape index (κ2) is 7.88. The van der Waals surface area contributed by atoms with Gasteiger partial charge in [-0.2, -0.15) is 5.10 Å². The molecule has 1 aromatic heterocycles. The number of nitrogens with zero attached hydrogens (tertiary/aromatic N) is 3. The minimum absolute atomic E-state index is 0.115. The van der Waals surface area contributed by atoms with Gasteiger partial charge in [-0.15, -0.1) is 0 Å². The summed E-state index contributed by atoms with van der Waals surface area (Å²) in [6.07, 6.45) is 0. The van der Waals surface area contributed by atoms with Crippen LogP contribution >= 0.6 is 27.5 Å². The number of hydrogen-bond donors (Lipinski definition) is 1. The number of benzene rings is 2. The van der Waals surface area contributed by atoms with Crippen LogP contribution in [0.1, 0.15) is 5.69 Å². The second-order valence-electron chi connectivity index (χ2n) is 6.49. The molecule has 0 aliphatic carbocycles. The maximum Gasteiger partial charge on any atom is 0.265 e. The highest BCUT2D eigenvalue weighted by Gasteiger charge is 2.27. The molecule has 1 aliphatic heterocycles. The van der Waals surface area contributed by atoms with Gasteiger partial charge in [0.15, 0.2) is 6.61 Å². The van der Waals surface area contributed by atoms with Crippen LogP contribution in [-0.4, -0.2) is 34.7 Å². The second-order valence-corrected chi connectivity index (χ2v) is 7.84. The Hall–Kier alpha value is -2.84. The fraction of sp³-hybridized carbons (Fsp3) is 0.150. The Morgan fingerprint density at radius 1 is 1.28 bits per heavy atom. The van der Waals surface area contributed by atoms with Crippen molar-refractivity contribution in [3.63, 3.8) is 0 Å². The van der Waals surface area contributed by atoms with E-state index in [1.54, 1.807) is 41.1 Å². The van der Waals surface area contributed by atoms with Crippen molar-refractivity contribution < 1.29 is 14.3 Å². The molecule has 2 amide bonds. The quantitative estimate of drug-likeness (QED) is 0.620. The van der Waals surface area contributed by atoms with E-state index in [9.17, 15) is 9.59 Å². The predicted octanol–water partition coefficient (Wildman–Crippen LogP) is 3.96. The Morgan fingerprint density at radius 3 is 2.90 bits per heavy atom. The Kier molecular flexibility index (Phi) is 5.29. The van der Waals surface area contributed by atoms with Crippen molar-refractivity contribution in [2.75, 3.05) is 23.4 Å². The molecule has 2 aromatic carbocycles. The maximum atomic E-state index is 12.7. The smallest absolute Gasteiger partial charge is 0.265 e. The van der Waals surface area contributed by atoms with Crippen LogP contribution in [0.15, 0.2) is 53.0 Å². The number of amides is 2. The van der Waals surface area contributed by atoms with Gasteiger partial charge in [0.2, 0.25) is 5.91 Å². The zero-order valence-corrected chi connectivity index (χ0v) is 17.7. The van der Waals surface area contributed by atoms with Gasteiger partial charge in [-0.25, -0.2) is 4.68 Å². The van der Waals surface area contributed by atoms with Crippen LogP contribution in [-0.2, 0) is 9.59 Å². The molecule has 1 aliphatic rings. The van der Waals surface area contributed by atoms with Gasteiger partial charge in [0.25, 0.3) is 5.91 Å². The topological polar surface area (TPSA) is 76.5 Å². The molecule has 29 heavy (non-hydrogen) atoms. The Balaban J connectivity index is 1.57. The van der Waals surface area contributed by atoms with E-state index in [0.29, 0.717) is 22.3 Å². The molecule has 7 nitrogen and oxygen atoms in total. The number of aromatic nitrogens is 2. The molecule has 0 spiro atoms. The zero-order chi connectivity index (χ0) is 20.5. The molecule has 9 heteroatoms. The normalized spacial score (nSPS) is 13.1. The van der Waals surface area contributed by atoms with Gasteiger partial charge in [-0.1, -0.05) is 33.6 Å². The Morgan fingerprint density at radius 2 is 2.10 bits per heavy atom. The molecular formula is C20H16BrClN4O3. The highest BCUT2D eigenvalue weighted by atomic mass is 79.9. The summed E-state index contributed by atoms with van der Waals surface area (Å²) in [5.74, 6) is 0.407. The first-order valence-electron chi connectivity index (χ1n) is 8.76. The lowest BCUT2D eigenvalue weighted by molar-refractivity contribution is -0.123. The molecule has 2 heterocycles. The molecule has 1 N–H and O–H groups in total. The third kappa shape index (κ3) is 4.13. The molecule has 0 fully saturated rings. The number of nitrogens with one attached hydrogen (secondary N) is 1. The summed E-state index contributed by atoms with van der Waals surface area (Å²) in [6, 6.07) is 14.2. The molecule has 4 rings (SSSR count). The minimum atomic E-state index is -0.350. The monoisotopic (exact) mass is 474 g/mol. The average molecular weight is 476 g/mol. The van der Waals surface area contributed by atoms with Crippen LogP contribution in [0.25, 0.3) is 5.69 Å². The van der Waals surface area contributed by atoms with Crippen LogP contribution < -0.4 is 15.0 Å². The van der Waals surface area contributed by atoms with Gasteiger partial charge < -0.3 is 10.1 Å². The van der Waals surface area contributed by atoms with E-state index < -0.39 is 0 Å². The highest BCUT2D eigenvalue weighted by molar-refractivity contribution is 9.10. The van der Waals surface area contributed by atoms with Gasteiger partial charge in [-0.05, 0) is 43.3 Å². The molecule has 0 saturated carbocycles. The fourth-order valence-electron chi connectivity index (χ4n) is 3.07. The summed E-state index contributed by atoms with van der Waals surface area (Å²) in [6.45, 7) is 1.57. The van der Waals surface area contributed by atoms with Crippen LogP contribution in [0.5, 0.6) is 5.75 Å². The summed E-state index contributed by atoms with van der Waals surface area (Å²) in [5.41, 5.74) is 2.01. The van der Waals surface area contributed by atoms with Crippen LogP contribution in [0, 0.1) is 6.92 Å². The molecule has 3 aromatic rings. The number of anilines is 2. The standard InChI is InChI=1S/C20H16BrClN4O3/c1-12-7-18(26(24-12)15-4-2-3-14(22)9-15)23-19(27)10-25-16-6-5-13(21)8-17(16)29-11-20(25)28/h2-9H,10-11H2,1H3,(H,23,27). The van der Waals surface area contributed by atoms with Crippen molar-refractivity contribution in [2.24, 2.45) is 0 Å².